The number of rotatable bonds is 5. The third-order valence-corrected chi connectivity index (χ3v) is 5.62. The van der Waals surface area contributed by atoms with Crippen LogP contribution in [0, 0.1) is 6.92 Å². The van der Waals surface area contributed by atoms with Crippen LogP contribution in [0.3, 0.4) is 0 Å². The minimum absolute atomic E-state index is 0.0973. The third kappa shape index (κ3) is 6.03. The van der Waals surface area contributed by atoms with Gasteiger partial charge in [0.1, 0.15) is 0 Å². The highest BCUT2D eigenvalue weighted by Crippen LogP contribution is 2.32. The highest BCUT2D eigenvalue weighted by molar-refractivity contribution is 7.85. The molecule has 0 aliphatic rings. The van der Waals surface area contributed by atoms with Crippen LogP contribution in [-0.4, -0.2) is 30.8 Å². The lowest BCUT2D eigenvalue weighted by molar-refractivity contribution is 0.101. The van der Waals surface area contributed by atoms with Crippen LogP contribution in [0.2, 0.25) is 0 Å². The van der Waals surface area contributed by atoms with Crippen LogP contribution >= 0.6 is 0 Å². The Morgan fingerprint density at radius 3 is 2.03 bits per heavy atom. The molecular formula is C23H21N3O6S. The van der Waals surface area contributed by atoms with Crippen molar-refractivity contribution in [3.63, 3.8) is 0 Å². The van der Waals surface area contributed by atoms with Gasteiger partial charge in [0.15, 0.2) is 5.78 Å². The van der Waals surface area contributed by atoms with E-state index in [1.807, 2.05) is 0 Å². The SMILES string of the molecule is CC(=O)c1ccc(NC(=O)NC(=O)Nc2cc(S(=O)(=O)O)cc(-c3ccccc3)c2C)cc1. The van der Waals surface area contributed by atoms with Crippen molar-refractivity contribution in [3.8, 4) is 11.1 Å². The van der Waals surface area contributed by atoms with Gasteiger partial charge in [-0.1, -0.05) is 30.3 Å². The van der Waals surface area contributed by atoms with Crippen LogP contribution in [0.25, 0.3) is 11.1 Å². The average Bonchev–Trinajstić information content (AvgIpc) is 2.75. The zero-order valence-electron chi connectivity index (χ0n) is 17.7. The van der Waals surface area contributed by atoms with Crippen molar-refractivity contribution < 1.29 is 27.4 Å². The van der Waals surface area contributed by atoms with Crippen molar-refractivity contribution >= 4 is 39.3 Å². The number of anilines is 2. The number of nitrogens with one attached hydrogen (secondary N) is 3. The first-order chi connectivity index (χ1) is 15.5. The monoisotopic (exact) mass is 467 g/mol. The minimum Gasteiger partial charge on any atom is -0.308 e. The van der Waals surface area contributed by atoms with Gasteiger partial charge in [-0.3, -0.25) is 14.7 Å². The highest BCUT2D eigenvalue weighted by atomic mass is 32.2. The molecule has 3 rings (SSSR count). The molecule has 4 N–H and O–H groups in total. The Labute approximate surface area is 190 Å². The summed E-state index contributed by atoms with van der Waals surface area (Å²) in [4.78, 5) is 35.4. The topological polar surface area (TPSA) is 142 Å². The van der Waals surface area contributed by atoms with Crippen molar-refractivity contribution in [2.24, 2.45) is 0 Å². The zero-order chi connectivity index (χ0) is 24.2. The number of urea groups is 2. The molecule has 33 heavy (non-hydrogen) atoms. The van der Waals surface area contributed by atoms with Gasteiger partial charge in [0, 0.05) is 16.9 Å². The van der Waals surface area contributed by atoms with Crippen molar-refractivity contribution in [2.45, 2.75) is 18.7 Å². The van der Waals surface area contributed by atoms with Crippen molar-refractivity contribution in [2.75, 3.05) is 10.6 Å². The second kappa shape index (κ2) is 9.63. The lowest BCUT2D eigenvalue weighted by Gasteiger charge is -2.15. The Morgan fingerprint density at radius 2 is 1.45 bits per heavy atom. The first kappa shape index (κ1) is 23.6. The molecular weight excluding hydrogens is 446 g/mol. The summed E-state index contributed by atoms with van der Waals surface area (Å²) in [6.07, 6.45) is 0. The van der Waals surface area contributed by atoms with Gasteiger partial charge in [0.25, 0.3) is 10.1 Å². The third-order valence-electron chi connectivity index (χ3n) is 4.79. The summed E-state index contributed by atoms with van der Waals surface area (Å²) in [6.45, 7) is 3.09. The van der Waals surface area contributed by atoms with Gasteiger partial charge in [-0.25, -0.2) is 9.59 Å². The molecule has 170 valence electrons. The van der Waals surface area contributed by atoms with Crippen LogP contribution < -0.4 is 16.0 Å². The Hall–Kier alpha value is -4.02. The van der Waals surface area contributed by atoms with Crippen LogP contribution in [0.4, 0.5) is 21.0 Å². The molecule has 0 saturated heterocycles. The number of imide groups is 1. The largest absolute Gasteiger partial charge is 0.327 e. The maximum atomic E-state index is 12.4. The first-order valence-corrected chi connectivity index (χ1v) is 11.2. The van der Waals surface area contributed by atoms with E-state index in [9.17, 15) is 27.4 Å². The Balaban J connectivity index is 1.79. The molecule has 3 aromatic rings. The number of benzene rings is 3. The molecule has 0 saturated carbocycles. The standard InChI is InChI=1S/C23H21N3O6S/c1-14-20(17-6-4-3-5-7-17)12-19(33(30,31)32)13-21(14)25-23(29)26-22(28)24-18-10-8-16(9-11-18)15(2)27/h3-13H,1-2H3,(H,30,31,32)(H3,24,25,26,28,29). The molecule has 0 unspecified atom stereocenters. The average molecular weight is 468 g/mol. The van der Waals surface area contributed by atoms with Gasteiger partial charge < -0.3 is 10.6 Å². The predicted octanol–water partition coefficient (Wildman–Crippen LogP) is 4.46. The van der Waals surface area contributed by atoms with Crippen molar-refractivity contribution in [1.29, 1.82) is 0 Å². The van der Waals surface area contributed by atoms with E-state index >= 15 is 0 Å². The molecule has 4 amide bonds. The fourth-order valence-electron chi connectivity index (χ4n) is 3.09. The number of hydrogen-bond donors (Lipinski definition) is 4. The molecule has 0 spiro atoms. The van der Waals surface area contributed by atoms with Crippen LogP contribution in [-0.2, 0) is 10.1 Å². The molecule has 0 atom stereocenters. The minimum atomic E-state index is -4.56. The molecule has 3 aromatic carbocycles. The fraction of sp³-hybridized carbons (Fsp3) is 0.0870. The maximum absolute atomic E-state index is 12.4. The maximum Gasteiger partial charge on any atom is 0.327 e. The zero-order valence-corrected chi connectivity index (χ0v) is 18.6. The summed E-state index contributed by atoms with van der Waals surface area (Å²) in [6, 6.07) is 15.6. The van der Waals surface area contributed by atoms with Gasteiger partial charge in [0.2, 0.25) is 0 Å². The number of Topliss-reactive ketones (excluding diaryl/α,β-unsaturated/α-hetero) is 1. The predicted molar refractivity (Wildman–Crippen MR) is 124 cm³/mol. The van der Waals surface area contributed by atoms with Crippen molar-refractivity contribution in [3.05, 3.63) is 77.9 Å². The molecule has 0 heterocycles. The Bertz CT molecular complexity index is 1320. The van der Waals surface area contributed by atoms with Gasteiger partial charge in [-0.15, -0.1) is 0 Å². The molecule has 0 aromatic heterocycles. The summed E-state index contributed by atoms with van der Waals surface area (Å²) in [5.74, 6) is -0.122. The number of carbonyl (C=O) groups is 3. The van der Waals surface area contributed by atoms with Gasteiger partial charge in [-0.05, 0) is 66.9 Å². The highest BCUT2D eigenvalue weighted by Gasteiger charge is 2.18. The number of ketones is 1. The summed E-state index contributed by atoms with van der Waals surface area (Å²) in [5.41, 5.74) is 2.62. The summed E-state index contributed by atoms with van der Waals surface area (Å²) in [5, 5.41) is 6.98. The number of hydrogen-bond acceptors (Lipinski definition) is 5. The van der Waals surface area contributed by atoms with Crippen molar-refractivity contribution in [1.82, 2.24) is 5.32 Å². The smallest absolute Gasteiger partial charge is 0.308 e. The normalized spacial score (nSPS) is 10.9. The summed E-state index contributed by atoms with van der Waals surface area (Å²) in [7, 11) is -4.56. The second-order valence-corrected chi connectivity index (χ2v) is 8.57. The summed E-state index contributed by atoms with van der Waals surface area (Å²) >= 11 is 0. The quantitative estimate of drug-likeness (QED) is 0.322. The summed E-state index contributed by atoms with van der Waals surface area (Å²) < 4.78 is 33.0. The molecule has 0 aliphatic carbocycles. The van der Waals surface area contributed by atoms with E-state index in [0.29, 0.717) is 27.9 Å². The van der Waals surface area contributed by atoms with Crippen LogP contribution in [0.5, 0.6) is 0 Å². The molecule has 0 aliphatic heterocycles. The molecule has 0 radical (unpaired) electrons. The van der Waals surface area contributed by atoms with Gasteiger partial charge in [-0.2, -0.15) is 8.42 Å². The van der Waals surface area contributed by atoms with E-state index < -0.39 is 27.1 Å². The molecule has 10 heteroatoms. The van der Waals surface area contributed by atoms with Crippen LogP contribution in [0.1, 0.15) is 22.8 Å². The molecule has 9 nitrogen and oxygen atoms in total. The number of carbonyl (C=O) groups excluding carboxylic acids is 3. The van der Waals surface area contributed by atoms with E-state index in [0.717, 1.165) is 6.07 Å². The number of amides is 4. The lowest BCUT2D eigenvalue weighted by atomic mass is 9.99. The fourth-order valence-corrected chi connectivity index (χ4v) is 3.62. The Morgan fingerprint density at radius 1 is 0.848 bits per heavy atom. The van der Waals surface area contributed by atoms with Gasteiger partial charge in [0.05, 0.1) is 4.90 Å². The lowest BCUT2D eigenvalue weighted by Crippen LogP contribution is -2.37. The molecule has 0 fully saturated rings. The first-order valence-electron chi connectivity index (χ1n) is 9.72. The Kier molecular flexibility index (Phi) is 6.90. The van der Waals surface area contributed by atoms with E-state index in [4.69, 9.17) is 0 Å². The second-order valence-electron chi connectivity index (χ2n) is 7.15. The van der Waals surface area contributed by atoms with E-state index in [1.54, 1.807) is 37.3 Å². The van der Waals surface area contributed by atoms with Crippen LogP contribution in [0.15, 0.2) is 71.6 Å². The van der Waals surface area contributed by atoms with E-state index in [2.05, 4.69) is 16.0 Å². The van der Waals surface area contributed by atoms with E-state index in [-0.39, 0.29) is 11.5 Å². The molecule has 0 bridgehead atoms. The van der Waals surface area contributed by atoms with Gasteiger partial charge >= 0.3 is 12.1 Å². The van der Waals surface area contributed by atoms with E-state index in [1.165, 1.54) is 37.3 Å².